The van der Waals surface area contributed by atoms with Gasteiger partial charge in [0.1, 0.15) is 23.5 Å². The van der Waals surface area contributed by atoms with E-state index < -0.39 is 59.3 Å². The zero-order chi connectivity index (χ0) is 31.2. The molecule has 1 aromatic rings. The van der Waals surface area contributed by atoms with Gasteiger partial charge in [-0.3, -0.25) is 24.1 Å². The first kappa shape index (κ1) is 32.6. The number of hydrogen-bond acceptors (Lipinski definition) is 10. The number of aliphatic hydroxyl groups is 2. The number of carbonyl (C=O) groups excluding carboxylic acids is 4. The summed E-state index contributed by atoms with van der Waals surface area (Å²) in [4.78, 5) is 56.1. The molecule has 0 radical (unpaired) electrons. The Labute approximate surface area is 250 Å². The summed E-state index contributed by atoms with van der Waals surface area (Å²) in [6.45, 7) is 2.85. The van der Waals surface area contributed by atoms with Gasteiger partial charge in [-0.2, -0.15) is 0 Å². The first-order valence-electron chi connectivity index (χ1n) is 14.5. The molecule has 3 aliphatic rings. The molecule has 4 rings (SSSR count). The first-order chi connectivity index (χ1) is 20.5. The van der Waals surface area contributed by atoms with Gasteiger partial charge in [-0.15, -0.1) is 0 Å². The van der Waals surface area contributed by atoms with Crippen LogP contribution < -0.4 is 21.1 Å². The van der Waals surface area contributed by atoms with Gasteiger partial charge in [0.15, 0.2) is 11.3 Å². The fourth-order valence-corrected chi connectivity index (χ4v) is 5.72. The highest BCUT2D eigenvalue weighted by Crippen LogP contribution is 2.43. The Balaban J connectivity index is 1.71. The van der Waals surface area contributed by atoms with Crippen LogP contribution in [-0.2, 0) is 28.7 Å². The number of aliphatic hydroxyl groups excluding tert-OH is 2. The van der Waals surface area contributed by atoms with Gasteiger partial charge < -0.3 is 40.8 Å². The Kier molecular flexibility index (Phi) is 10.6. The van der Waals surface area contributed by atoms with Crippen LogP contribution in [-0.4, -0.2) is 109 Å². The second-order valence-corrected chi connectivity index (χ2v) is 11.5. The summed E-state index contributed by atoms with van der Waals surface area (Å²) < 4.78 is 16.0. The van der Waals surface area contributed by atoms with Gasteiger partial charge in [0.05, 0.1) is 46.0 Å². The highest BCUT2D eigenvalue weighted by molar-refractivity contribution is 6.02. The Morgan fingerprint density at radius 3 is 2.40 bits per heavy atom. The Morgan fingerprint density at radius 1 is 1.19 bits per heavy atom. The number of primary amides is 1. The molecule has 1 aliphatic carbocycles. The monoisotopic (exact) mass is 602 g/mol. The minimum atomic E-state index is -2.37. The van der Waals surface area contributed by atoms with E-state index in [-0.39, 0.29) is 25.1 Å². The molecule has 0 spiro atoms. The molecular weight excluding hydrogens is 560 g/mol. The normalized spacial score (nSPS) is 23.7. The minimum Gasteiger partial charge on any atom is -0.497 e. The van der Waals surface area contributed by atoms with Crippen LogP contribution >= 0.6 is 0 Å². The maximum Gasteiger partial charge on any atom is 0.247 e. The summed E-state index contributed by atoms with van der Waals surface area (Å²) in [7, 11) is 1.47. The number of carbonyl (C=O) groups is 4. The molecule has 2 fully saturated rings. The average Bonchev–Trinajstić information content (AvgIpc) is 3.54. The minimum absolute atomic E-state index is 0.0342. The number of hydrogen-bond donors (Lipinski definition) is 5. The van der Waals surface area contributed by atoms with Crippen molar-refractivity contribution >= 4 is 23.5 Å². The van der Waals surface area contributed by atoms with Crippen LogP contribution in [0, 0.1) is 5.92 Å². The fraction of sp³-hybridized carbons (Fsp3) is 0.600. The number of morpholine rings is 1. The zero-order valence-electron chi connectivity index (χ0n) is 24.7. The number of rotatable bonds is 15. The molecule has 13 heteroatoms. The number of epoxide rings is 1. The van der Waals surface area contributed by atoms with Crippen molar-refractivity contribution in [3.8, 4) is 5.75 Å². The molecule has 13 nitrogen and oxygen atoms in total. The van der Waals surface area contributed by atoms with E-state index in [4.69, 9.17) is 19.9 Å². The third kappa shape index (κ3) is 7.42. The van der Waals surface area contributed by atoms with Crippen LogP contribution in [0.25, 0.3) is 0 Å². The molecule has 5 atom stereocenters. The third-order valence-electron chi connectivity index (χ3n) is 8.47. The third-order valence-corrected chi connectivity index (χ3v) is 8.47. The van der Waals surface area contributed by atoms with Crippen molar-refractivity contribution in [1.29, 1.82) is 0 Å². The van der Waals surface area contributed by atoms with E-state index in [9.17, 15) is 29.4 Å². The average molecular weight is 603 g/mol. The summed E-state index contributed by atoms with van der Waals surface area (Å²) in [5, 5.41) is 27.1. The number of Topliss-reactive ketones (excluding diaryl/α,β-unsaturated/α-hetero) is 1. The van der Waals surface area contributed by atoms with Gasteiger partial charge in [-0.1, -0.05) is 23.8 Å². The molecule has 2 unspecified atom stereocenters. The second kappa shape index (κ2) is 14.0. The molecule has 0 aromatic heterocycles. The van der Waals surface area contributed by atoms with Gasteiger partial charge in [-0.25, -0.2) is 0 Å². The highest BCUT2D eigenvalue weighted by atomic mass is 16.6. The number of benzene rings is 1. The largest absolute Gasteiger partial charge is 0.497 e. The smallest absolute Gasteiger partial charge is 0.247 e. The van der Waals surface area contributed by atoms with E-state index in [0.717, 1.165) is 18.4 Å². The number of allylic oxidation sites excluding steroid dienone is 2. The van der Waals surface area contributed by atoms with Crippen LogP contribution in [0.3, 0.4) is 0 Å². The fourth-order valence-electron chi connectivity index (χ4n) is 5.72. The van der Waals surface area contributed by atoms with Gasteiger partial charge in [0.25, 0.3) is 0 Å². The topological polar surface area (TPSA) is 193 Å². The van der Waals surface area contributed by atoms with Crippen molar-refractivity contribution in [3.63, 3.8) is 0 Å². The molecular formula is C30H42N4O9. The lowest BCUT2D eigenvalue weighted by Crippen LogP contribution is -2.70. The molecule has 236 valence electrons. The van der Waals surface area contributed by atoms with Crippen LogP contribution in [0.2, 0.25) is 0 Å². The number of nitrogens with two attached hydrogens (primary N) is 1. The zero-order valence-corrected chi connectivity index (χ0v) is 24.7. The molecule has 2 aliphatic heterocycles. The molecule has 0 bridgehead atoms. The van der Waals surface area contributed by atoms with Crippen molar-refractivity contribution in [1.82, 2.24) is 15.5 Å². The predicted molar refractivity (Wildman–Crippen MR) is 154 cm³/mol. The second-order valence-electron chi connectivity index (χ2n) is 11.5. The molecule has 43 heavy (non-hydrogen) atoms. The Morgan fingerprint density at radius 2 is 1.86 bits per heavy atom. The number of methoxy groups -OCH3 is 1. The van der Waals surface area contributed by atoms with Gasteiger partial charge in [0, 0.05) is 13.1 Å². The molecule has 3 amide bonds. The lowest BCUT2D eigenvalue weighted by molar-refractivity contribution is -0.149. The van der Waals surface area contributed by atoms with Gasteiger partial charge >= 0.3 is 0 Å². The van der Waals surface area contributed by atoms with Crippen molar-refractivity contribution < 1.29 is 43.6 Å². The summed E-state index contributed by atoms with van der Waals surface area (Å²) >= 11 is 0. The van der Waals surface area contributed by atoms with E-state index in [0.29, 0.717) is 38.5 Å². The number of nitrogens with one attached hydrogen (secondary N) is 2. The number of nitrogens with zero attached hydrogens (tertiary/aromatic N) is 1. The maximum absolute atomic E-state index is 14.0. The van der Waals surface area contributed by atoms with E-state index in [2.05, 4.69) is 10.6 Å². The molecule has 2 heterocycles. The van der Waals surface area contributed by atoms with Crippen LogP contribution in [0.1, 0.15) is 44.3 Å². The van der Waals surface area contributed by atoms with Gasteiger partial charge in [-0.05, 0) is 50.3 Å². The van der Waals surface area contributed by atoms with E-state index in [1.807, 2.05) is 11.0 Å². The lowest BCUT2D eigenvalue weighted by Gasteiger charge is -2.43. The van der Waals surface area contributed by atoms with Crippen molar-refractivity contribution in [3.05, 3.63) is 41.5 Å². The highest BCUT2D eigenvalue weighted by Gasteiger charge is 2.61. The maximum atomic E-state index is 14.0. The summed E-state index contributed by atoms with van der Waals surface area (Å²) in [5.74, 6) is -4.00. The van der Waals surface area contributed by atoms with Gasteiger partial charge in [0.2, 0.25) is 17.7 Å². The quantitative estimate of drug-likeness (QED) is 0.127. The number of ether oxygens (including phenoxy) is 3. The van der Waals surface area contributed by atoms with Crippen molar-refractivity contribution in [2.75, 3.05) is 53.2 Å². The SMILES string of the molecule is COc1ccc(C(O)C(NC(=O)[C@H](CO)NC(=O)CN2CCOCC2)(C(N)=O)[C@H](CC2=CCCC2)C(=O)[C@@]2(C)CO2)cc1. The van der Waals surface area contributed by atoms with E-state index in [1.165, 1.54) is 19.2 Å². The van der Waals surface area contributed by atoms with Crippen molar-refractivity contribution in [2.24, 2.45) is 11.7 Å². The summed E-state index contributed by atoms with van der Waals surface area (Å²) in [6, 6.07) is 4.65. The number of amides is 3. The molecule has 2 saturated heterocycles. The Hall–Kier alpha value is -3.36. The van der Waals surface area contributed by atoms with E-state index in [1.54, 1.807) is 19.1 Å². The van der Waals surface area contributed by atoms with Crippen LogP contribution in [0.4, 0.5) is 0 Å². The summed E-state index contributed by atoms with van der Waals surface area (Å²) in [6.07, 6.45) is 2.57. The van der Waals surface area contributed by atoms with Crippen LogP contribution in [0.5, 0.6) is 5.75 Å². The first-order valence-corrected chi connectivity index (χ1v) is 14.5. The molecule has 1 aromatic carbocycles. The number of ketones is 1. The van der Waals surface area contributed by atoms with Crippen molar-refractivity contribution in [2.45, 2.75) is 55.9 Å². The lowest BCUT2D eigenvalue weighted by atomic mass is 9.69. The standard InChI is InChI=1S/C30H42N4O9/c1-29(18-43-29)26(38)22(15-19-5-3-4-6-19)30(28(31)40,25(37)20-7-9-21(41-2)10-8-20)33-27(39)23(17-35)32-24(36)16-34-11-13-42-14-12-34/h5,7-10,22-23,25,35,37H,3-4,6,11-18H2,1-2H3,(H2,31,40)(H,32,36)(H,33,39)/t22-,23+,25?,29-,30?/m1/s1. The Bertz CT molecular complexity index is 1210. The predicted octanol–water partition coefficient (Wildman–Crippen LogP) is -0.647. The van der Waals surface area contributed by atoms with Crippen LogP contribution in [0.15, 0.2) is 35.9 Å². The van der Waals surface area contributed by atoms with E-state index >= 15 is 0 Å². The molecule has 6 N–H and O–H groups in total. The molecule has 0 saturated carbocycles. The summed E-state index contributed by atoms with van der Waals surface area (Å²) in [5.41, 5.74) is 3.52.